The van der Waals surface area contributed by atoms with Gasteiger partial charge in [0.15, 0.2) is 0 Å². The Kier molecular flexibility index (Phi) is 6.75. The van der Waals surface area contributed by atoms with Crippen molar-refractivity contribution >= 4 is 33.4 Å². The molecule has 0 fully saturated rings. The zero-order chi connectivity index (χ0) is 31.7. The molecular formula is C32H6F2N10. The molecule has 2 aromatic heterocycles. The number of aromatic nitrogens is 2. The molecule has 1 aromatic carbocycles. The Morgan fingerprint density at radius 2 is 0.841 bits per heavy atom. The van der Waals surface area contributed by atoms with Crippen LogP contribution in [0.25, 0.3) is 33.4 Å². The quantitative estimate of drug-likeness (QED) is 0.377. The Morgan fingerprint density at radius 1 is 0.477 bits per heavy atom. The van der Waals surface area contributed by atoms with Crippen LogP contribution in [0, 0.1) is 102 Å². The number of pyridine rings is 2. The lowest BCUT2D eigenvalue weighted by atomic mass is 9.89. The minimum atomic E-state index is -0.960. The maximum absolute atomic E-state index is 15.2. The molecule has 0 N–H and O–H groups in total. The fourth-order valence-corrected chi connectivity index (χ4v) is 5.16. The lowest BCUT2D eigenvalue weighted by Crippen LogP contribution is -1.98. The van der Waals surface area contributed by atoms with Crippen molar-refractivity contribution in [3.63, 3.8) is 0 Å². The highest BCUT2D eigenvalue weighted by Crippen LogP contribution is 2.54. The Hall–Kier alpha value is -7.74. The molecule has 0 saturated carbocycles. The van der Waals surface area contributed by atoms with E-state index in [1.54, 1.807) is 36.4 Å². The van der Waals surface area contributed by atoms with Crippen LogP contribution in [0.15, 0.2) is 47.8 Å². The van der Waals surface area contributed by atoms with E-state index in [2.05, 4.69) is 9.97 Å². The van der Waals surface area contributed by atoms with E-state index in [9.17, 15) is 42.1 Å². The first-order chi connectivity index (χ1) is 21.3. The maximum Gasteiger partial charge on any atom is 0.149 e. The van der Waals surface area contributed by atoms with Gasteiger partial charge in [-0.2, -0.15) is 42.1 Å². The number of hydrogen-bond acceptors (Lipinski definition) is 10. The number of fused-ring (bicyclic) bond motifs is 2. The lowest BCUT2D eigenvalue weighted by molar-refractivity contribution is 0.617. The van der Waals surface area contributed by atoms with E-state index in [-0.39, 0.29) is 78.2 Å². The van der Waals surface area contributed by atoms with Gasteiger partial charge in [0.1, 0.15) is 82.7 Å². The van der Waals surface area contributed by atoms with E-state index in [1.807, 2.05) is 12.1 Å². The summed E-state index contributed by atoms with van der Waals surface area (Å²) in [5.74, 6) is -1.92. The number of halogens is 2. The zero-order valence-corrected chi connectivity index (χ0v) is 21.7. The number of nitriles is 8. The molecule has 12 heteroatoms. The van der Waals surface area contributed by atoms with Crippen LogP contribution in [0.1, 0.15) is 44.8 Å². The standard InChI is InChI=1S/C32H6F2N10/c33-27-13-43-17(9-39)1-23(27)31-25(11-41)19-3-20-22(4-21(19)29(31)15(5-35)6-36)30(16(7-37)8-38)32(26(20)12-42)24-2-18(10-40)44-14-28(24)34/h1-4,13-14H. The number of rotatable bonds is 2. The van der Waals surface area contributed by atoms with Gasteiger partial charge < -0.3 is 0 Å². The predicted molar refractivity (Wildman–Crippen MR) is 145 cm³/mol. The first kappa shape index (κ1) is 27.8. The first-order valence-electron chi connectivity index (χ1n) is 12.0. The van der Waals surface area contributed by atoms with Gasteiger partial charge in [-0.15, -0.1) is 0 Å². The van der Waals surface area contributed by atoms with Crippen LogP contribution in [-0.2, 0) is 0 Å². The summed E-state index contributed by atoms with van der Waals surface area (Å²) in [5.41, 5.74) is -3.04. The van der Waals surface area contributed by atoms with Gasteiger partial charge in [0.2, 0.25) is 0 Å². The van der Waals surface area contributed by atoms with Crippen molar-refractivity contribution in [1.82, 2.24) is 9.97 Å². The molecule has 0 amide bonds. The third-order valence-electron chi connectivity index (χ3n) is 6.88. The van der Waals surface area contributed by atoms with Crippen LogP contribution in [-0.4, -0.2) is 9.97 Å². The largest absolute Gasteiger partial charge is 0.242 e. The third kappa shape index (κ3) is 3.93. The molecule has 44 heavy (non-hydrogen) atoms. The fourth-order valence-electron chi connectivity index (χ4n) is 5.16. The topological polar surface area (TPSA) is 216 Å². The van der Waals surface area contributed by atoms with E-state index < -0.39 is 22.8 Å². The van der Waals surface area contributed by atoms with Crippen LogP contribution in [0.4, 0.5) is 8.78 Å². The number of hydrogen-bond donors (Lipinski definition) is 0. The van der Waals surface area contributed by atoms with E-state index in [1.165, 1.54) is 12.1 Å². The van der Waals surface area contributed by atoms with Crippen LogP contribution < -0.4 is 0 Å². The third-order valence-corrected chi connectivity index (χ3v) is 6.88. The van der Waals surface area contributed by atoms with Crippen molar-refractivity contribution in [1.29, 1.82) is 42.1 Å². The van der Waals surface area contributed by atoms with Gasteiger partial charge in [-0.05, 0) is 35.4 Å². The van der Waals surface area contributed by atoms with Gasteiger partial charge in [-0.25, -0.2) is 18.7 Å². The fraction of sp³-hybridized carbons (Fsp3) is 0. The molecule has 5 rings (SSSR count). The van der Waals surface area contributed by atoms with Gasteiger partial charge in [0, 0.05) is 44.5 Å². The van der Waals surface area contributed by atoms with Gasteiger partial charge in [-0.3, -0.25) is 0 Å². The van der Waals surface area contributed by atoms with Gasteiger partial charge in [0.05, 0.1) is 23.5 Å². The Balaban J connectivity index is 1.98. The van der Waals surface area contributed by atoms with Crippen LogP contribution >= 0.6 is 0 Å². The van der Waals surface area contributed by atoms with Crippen molar-refractivity contribution in [3.8, 4) is 48.6 Å². The molecule has 0 spiro atoms. The Morgan fingerprint density at radius 3 is 1.16 bits per heavy atom. The average Bonchev–Trinajstić information content (AvgIpc) is 3.53. The van der Waals surface area contributed by atoms with Crippen molar-refractivity contribution in [2.24, 2.45) is 0 Å². The Bertz CT molecular complexity index is 2190. The molecule has 0 saturated heterocycles. The van der Waals surface area contributed by atoms with Crippen molar-refractivity contribution < 1.29 is 8.78 Å². The summed E-state index contributed by atoms with van der Waals surface area (Å²) in [7, 11) is 0. The molecule has 10 nitrogen and oxygen atoms in total. The second-order valence-electron chi connectivity index (χ2n) is 8.94. The van der Waals surface area contributed by atoms with E-state index in [4.69, 9.17) is 0 Å². The highest BCUT2D eigenvalue weighted by atomic mass is 19.1. The molecular weight excluding hydrogens is 562 g/mol. The summed E-state index contributed by atoms with van der Waals surface area (Å²) in [6, 6.07) is 19.1. The molecule has 0 atom stereocenters. The summed E-state index contributed by atoms with van der Waals surface area (Å²) in [5, 5.41) is 78.6. The SMILES string of the molecule is N#CC(C#N)=C1C(c2cc(C#N)ncc2F)=C(C#N)c2cc3c(cc21)C(=C(C#N)C#N)C(c1cc(C#N)ncc1F)=C3C#N. The summed E-state index contributed by atoms with van der Waals surface area (Å²) < 4.78 is 30.4. The second-order valence-corrected chi connectivity index (χ2v) is 8.94. The molecule has 0 bridgehead atoms. The lowest BCUT2D eigenvalue weighted by Gasteiger charge is -2.12. The van der Waals surface area contributed by atoms with E-state index >= 15 is 8.78 Å². The molecule has 2 aliphatic carbocycles. The molecule has 0 unspecified atom stereocenters. The van der Waals surface area contributed by atoms with Gasteiger partial charge in [0.25, 0.3) is 0 Å². The van der Waals surface area contributed by atoms with Crippen molar-refractivity contribution in [2.75, 3.05) is 0 Å². The zero-order valence-electron chi connectivity index (χ0n) is 21.7. The first-order valence-corrected chi connectivity index (χ1v) is 12.0. The smallest absolute Gasteiger partial charge is 0.149 e. The second kappa shape index (κ2) is 10.7. The summed E-state index contributed by atoms with van der Waals surface area (Å²) in [6.07, 6.45) is 1.51. The number of benzene rings is 1. The summed E-state index contributed by atoms with van der Waals surface area (Å²) in [6.45, 7) is 0. The summed E-state index contributed by atoms with van der Waals surface area (Å²) >= 11 is 0. The highest BCUT2D eigenvalue weighted by Gasteiger charge is 2.38. The monoisotopic (exact) mass is 568 g/mol. The number of allylic oxidation sites excluding steroid dienone is 8. The Labute approximate surface area is 247 Å². The molecule has 198 valence electrons. The van der Waals surface area contributed by atoms with Crippen molar-refractivity contribution in [2.45, 2.75) is 0 Å². The number of nitrogens with zero attached hydrogens (tertiary/aromatic N) is 10. The molecule has 0 radical (unpaired) electrons. The van der Waals surface area contributed by atoms with Gasteiger partial charge >= 0.3 is 0 Å². The maximum atomic E-state index is 15.2. The normalized spacial score (nSPS) is 12.3. The summed E-state index contributed by atoms with van der Waals surface area (Å²) in [4.78, 5) is 7.33. The van der Waals surface area contributed by atoms with Crippen LogP contribution in [0.2, 0.25) is 0 Å². The van der Waals surface area contributed by atoms with Crippen LogP contribution in [0.3, 0.4) is 0 Å². The van der Waals surface area contributed by atoms with Gasteiger partial charge in [-0.1, -0.05) is 0 Å². The molecule has 3 aromatic rings. The van der Waals surface area contributed by atoms with E-state index in [0.717, 1.165) is 24.5 Å². The van der Waals surface area contributed by atoms with E-state index in [0.29, 0.717) is 0 Å². The molecule has 2 heterocycles. The molecule has 0 aliphatic heterocycles. The molecule has 2 aliphatic rings. The minimum Gasteiger partial charge on any atom is -0.242 e. The van der Waals surface area contributed by atoms with Crippen LogP contribution in [0.5, 0.6) is 0 Å². The van der Waals surface area contributed by atoms with Crippen molar-refractivity contribution in [3.05, 3.63) is 104 Å². The minimum absolute atomic E-state index is 0.0438. The highest BCUT2D eigenvalue weighted by molar-refractivity contribution is 6.29. The predicted octanol–water partition coefficient (Wildman–Crippen LogP) is 5.00. The average molecular weight is 568 g/mol.